The molecule has 3 N–H and O–H groups in total. The first kappa shape index (κ1) is 20.2. The number of esters is 1. The largest absolute Gasteiger partial charge is 0.496 e. The van der Waals surface area contributed by atoms with Gasteiger partial charge in [-0.05, 0) is 31.5 Å². The van der Waals surface area contributed by atoms with Gasteiger partial charge >= 0.3 is 12.0 Å². The Morgan fingerprint density at radius 1 is 1.32 bits per heavy atom. The van der Waals surface area contributed by atoms with Gasteiger partial charge in [-0.25, -0.2) is 9.59 Å². The molecule has 2 amide bonds. The third kappa shape index (κ3) is 4.45. The molecule has 0 saturated carbocycles. The Hall–Kier alpha value is -2.58. The Balaban J connectivity index is 1.94. The van der Waals surface area contributed by atoms with Crippen LogP contribution in [0, 0.1) is 0 Å². The number of amides is 2. The minimum absolute atomic E-state index is 0.268. The van der Waals surface area contributed by atoms with E-state index in [0.717, 1.165) is 49.7 Å². The van der Waals surface area contributed by atoms with Crippen molar-refractivity contribution in [3.63, 3.8) is 0 Å². The number of urea groups is 1. The lowest BCUT2D eigenvalue weighted by Gasteiger charge is -2.29. The number of carbonyl (C=O) groups excluding carboxylic acids is 2. The molecule has 2 aliphatic heterocycles. The number of hydrogen-bond acceptors (Lipinski definition) is 5. The molecule has 1 atom stereocenters. The van der Waals surface area contributed by atoms with Crippen LogP contribution in [0.15, 0.2) is 29.5 Å². The molecule has 0 unspecified atom stereocenters. The molecular formula is C20H28N3O5+. The molecule has 0 aromatic heterocycles. The van der Waals surface area contributed by atoms with Gasteiger partial charge in [-0.1, -0.05) is 6.07 Å². The molecule has 1 saturated heterocycles. The van der Waals surface area contributed by atoms with Crippen LogP contribution in [-0.4, -0.2) is 52.0 Å². The number of rotatable bonds is 6. The van der Waals surface area contributed by atoms with Crippen molar-refractivity contribution in [2.45, 2.75) is 26.4 Å². The van der Waals surface area contributed by atoms with E-state index in [1.54, 1.807) is 21.0 Å². The molecule has 28 heavy (non-hydrogen) atoms. The quantitative estimate of drug-likeness (QED) is 0.608. The number of quaternary nitrogens is 1. The van der Waals surface area contributed by atoms with E-state index in [0.29, 0.717) is 11.3 Å². The van der Waals surface area contributed by atoms with E-state index in [1.807, 2.05) is 18.2 Å². The number of methoxy groups -OCH3 is 1. The summed E-state index contributed by atoms with van der Waals surface area (Å²) in [5.41, 5.74) is 2.77. The average molecular weight is 390 g/mol. The van der Waals surface area contributed by atoms with Crippen molar-refractivity contribution in [3.8, 4) is 5.75 Å². The van der Waals surface area contributed by atoms with E-state index in [1.165, 1.54) is 4.90 Å². The van der Waals surface area contributed by atoms with Crippen LogP contribution in [-0.2, 0) is 20.8 Å². The van der Waals surface area contributed by atoms with Crippen LogP contribution >= 0.6 is 0 Å². The number of benzene rings is 1. The second-order valence-corrected chi connectivity index (χ2v) is 6.90. The number of hydrogen-bond donors (Lipinski definition) is 3. The number of nitrogens with one attached hydrogen (secondary N) is 3. The van der Waals surface area contributed by atoms with Crippen molar-refractivity contribution in [2.75, 3.05) is 40.0 Å². The molecular weight excluding hydrogens is 362 g/mol. The minimum atomic E-state index is -0.572. The zero-order chi connectivity index (χ0) is 20.1. The molecule has 0 bridgehead atoms. The zero-order valence-corrected chi connectivity index (χ0v) is 16.6. The number of allylic oxidation sites excluding steroid dienone is 1. The monoisotopic (exact) mass is 390 g/mol. The van der Waals surface area contributed by atoms with E-state index in [2.05, 4.69) is 10.6 Å². The average Bonchev–Trinajstić information content (AvgIpc) is 2.68. The third-order valence-electron chi connectivity index (χ3n) is 5.04. The van der Waals surface area contributed by atoms with Crippen molar-refractivity contribution in [3.05, 3.63) is 40.6 Å². The summed E-state index contributed by atoms with van der Waals surface area (Å²) in [6, 6.07) is 4.85. The highest BCUT2D eigenvalue weighted by Gasteiger charge is 2.32. The van der Waals surface area contributed by atoms with Crippen LogP contribution < -0.4 is 20.3 Å². The summed E-state index contributed by atoms with van der Waals surface area (Å²) in [5, 5.41) is 5.50. The maximum Gasteiger partial charge on any atom is 0.338 e. The van der Waals surface area contributed by atoms with Crippen LogP contribution in [0.25, 0.3) is 0 Å². The van der Waals surface area contributed by atoms with E-state index in [-0.39, 0.29) is 12.6 Å². The van der Waals surface area contributed by atoms with Crippen LogP contribution in [0.3, 0.4) is 0 Å². The summed E-state index contributed by atoms with van der Waals surface area (Å²) < 4.78 is 16.2. The second-order valence-electron chi connectivity index (χ2n) is 6.90. The van der Waals surface area contributed by atoms with Crippen molar-refractivity contribution >= 4 is 12.0 Å². The molecule has 0 spiro atoms. The van der Waals surface area contributed by atoms with Crippen molar-refractivity contribution < 1.29 is 28.7 Å². The lowest BCUT2D eigenvalue weighted by Crippen LogP contribution is -3.12. The lowest BCUT2D eigenvalue weighted by atomic mass is 9.94. The molecule has 2 heterocycles. The number of morpholine rings is 1. The summed E-state index contributed by atoms with van der Waals surface area (Å²) in [6.45, 7) is 7.89. The Labute approximate surface area is 164 Å². The van der Waals surface area contributed by atoms with Crippen LogP contribution in [0.5, 0.6) is 5.75 Å². The Bertz CT molecular complexity index is 771. The van der Waals surface area contributed by atoms with Gasteiger partial charge in [-0.15, -0.1) is 0 Å². The highest BCUT2D eigenvalue weighted by molar-refractivity contribution is 5.95. The molecule has 2 aliphatic rings. The van der Waals surface area contributed by atoms with Crippen molar-refractivity contribution in [1.82, 2.24) is 10.6 Å². The Morgan fingerprint density at radius 2 is 2.07 bits per heavy atom. The molecule has 8 nitrogen and oxygen atoms in total. The number of carbonyl (C=O) groups is 2. The van der Waals surface area contributed by atoms with Crippen LogP contribution in [0.4, 0.5) is 4.79 Å². The normalized spacial score (nSPS) is 20.4. The SMILES string of the molecule is CCOC(=O)C1=C(C)NC(=O)N[C@H]1c1ccc(OC)c(C[NH+]2CCOCC2)c1. The smallest absolute Gasteiger partial charge is 0.338 e. The predicted molar refractivity (Wildman–Crippen MR) is 102 cm³/mol. The van der Waals surface area contributed by atoms with Gasteiger partial charge in [0.2, 0.25) is 0 Å². The molecule has 0 aliphatic carbocycles. The molecule has 1 aromatic carbocycles. The first-order chi connectivity index (χ1) is 13.5. The first-order valence-electron chi connectivity index (χ1n) is 9.57. The summed E-state index contributed by atoms with van der Waals surface area (Å²) >= 11 is 0. The fourth-order valence-electron chi connectivity index (χ4n) is 3.65. The summed E-state index contributed by atoms with van der Waals surface area (Å²) in [6.07, 6.45) is 0. The highest BCUT2D eigenvalue weighted by atomic mass is 16.5. The maximum atomic E-state index is 12.5. The van der Waals surface area contributed by atoms with E-state index < -0.39 is 12.0 Å². The van der Waals surface area contributed by atoms with E-state index >= 15 is 0 Å². The standard InChI is InChI=1S/C20H27N3O5/c1-4-28-19(24)17-13(2)21-20(25)22-18(17)14-5-6-16(26-3)15(11-14)12-23-7-9-27-10-8-23/h5-6,11,18H,4,7-10,12H2,1-3H3,(H2,21,22,25)/p+1/t18-/m0/s1. The van der Waals surface area contributed by atoms with Crippen LogP contribution in [0.2, 0.25) is 0 Å². The van der Waals surface area contributed by atoms with Gasteiger partial charge in [0.15, 0.2) is 0 Å². The predicted octanol–water partition coefficient (Wildman–Crippen LogP) is 0.301. The zero-order valence-electron chi connectivity index (χ0n) is 16.6. The fraction of sp³-hybridized carbons (Fsp3) is 0.500. The van der Waals surface area contributed by atoms with Gasteiger partial charge in [0, 0.05) is 11.3 Å². The molecule has 1 fully saturated rings. The van der Waals surface area contributed by atoms with Gasteiger partial charge in [0.1, 0.15) is 25.4 Å². The van der Waals surface area contributed by atoms with E-state index in [4.69, 9.17) is 14.2 Å². The van der Waals surface area contributed by atoms with Crippen molar-refractivity contribution in [1.29, 1.82) is 0 Å². The second kappa shape index (κ2) is 9.07. The molecule has 0 radical (unpaired) electrons. The summed E-state index contributed by atoms with van der Waals surface area (Å²) in [5.74, 6) is 0.357. The highest BCUT2D eigenvalue weighted by Crippen LogP contribution is 2.30. The first-order valence-corrected chi connectivity index (χ1v) is 9.57. The summed E-state index contributed by atoms with van der Waals surface area (Å²) in [7, 11) is 1.65. The Morgan fingerprint density at radius 3 is 2.75 bits per heavy atom. The fourth-order valence-corrected chi connectivity index (χ4v) is 3.65. The van der Waals surface area contributed by atoms with E-state index in [9.17, 15) is 9.59 Å². The Kier molecular flexibility index (Phi) is 6.53. The lowest BCUT2D eigenvalue weighted by molar-refractivity contribution is -0.921. The van der Waals surface area contributed by atoms with Gasteiger partial charge < -0.3 is 29.7 Å². The van der Waals surface area contributed by atoms with Gasteiger partial charge in [-0.3, -0.25) is 0 Å². The number of ether oxygens (including phenoxy) is 3. The summed E-state index contributed by atoms with van der Waals surface area (Å²) in [4.78, 5) is 26.0. The van der Waals surface area contributed by atoms with Gasteiger partial charge in [0.25, 0.3) is 0 Å². The van der Waals surface area contributed by atoms with Gasteiger partial charge in [0.05, 0.1) is 38.5 Å². The van der Waals surface area contributed by atoms with Crippen molar-refractivity contribution in [2.24, 2.45) is 0 Å². The molecule has 152 valence electrons. The topological polar surface area (TPSA) is 90.3 Å². The molecule has 3 rings (SSSR count). The maximum absolute atomic E-state index is 12.5. The van der Waals surface area contributed by atoms with Gasteiger partial charge in [-0.2, -0.15) is 0 Å². The molecule has 8 heteroatoms. The van der Waals surface area contributed by atoms with Crippen LogP contribution in [0.1, 0.15) is 31.0 Å². The molecule has 1 aromatic rings. The third-order valence-corrected chi connectivity index (χ3v) is 5.04. The minimum Gasteiger partial charge on any atom is -0.496 e.